The predicted octanol–water partition coefficient (Wildman–Crippen LogP) is 2.81. The molecule has 1 atom stereocenters. The highest BCUT2D eigenvalue weighted by atomic mass is 32.1. The van der Waals surface area contributed by atoms with Crippen molar-refractivity contribution in [2.75, 3.05) is 13.1 Å². The number of carboxylic acid groups (broad SMARTS) is 1. The molecule has 0 radical (unpaired) electrons. The Labute approximate surface area is 129 Å². The topological polar surface area (TPSA) is 70.5 Å². The number of carboxylic acids is 1. The van der Waals surface area contributed by atoms with E-state index >= 15 is 0 Å². The van der Waals surface area contributed by atoms with Crippen molar-refractivity contribution in [3.8, 4) is 10.6 Å². The van der Waals surface area contributed by atoms with Crippen molar-refractivity contribution >= 4 is 34.6 Å². The quantitative estimate of drug-likeness (QED) is 0.943. The van der Waals surface area contributed by atoms with Crippen LogP contribution in [0.5, 0.6) is 0 Å². The van der Waals surface area contributed by atoms with Crippen LogP contribution in [0.25, 0.3) is 10.6 Å². The zero-order valence-corrected chi connectivity index (χ0v) is 13.0. The van der Waals surface area contributed by atoms with E-state index in [0.717, 1.165) is 10.6 Å². The Bertz CT molecular complexity index is 680. The summed E-state index contributed by atoms with van der Waals surface area (Å²) >= 11 is 3.02. The summed E-state index contributed by atoms with van der Waals surface area (Å²) < 4.78 is 0. The number of aromatic nitrogens is 1. The standard InChI is InChI=1S/C14H14N2O3S2/c1-14(13(18)19)3-4-16(8-14)12(17)10-7-21-11(15-10)9-2-5-20-6-9/h2,5-7H,3-4,8H2,1H3,(H,18,19). The maximum atomic E-state index is 12.4. The van der Waals surface area contributed by atoms with Crippen LogP contribution in [0.2, 0.25) is 0 Å². The summed E-state index contributed by atoms with van der Waals surface area (Å²) in [6, 6.07) is 1.97. The Balaban J connectivity index is 1.76. The van der Waals surface area contributed by atoms with Crippen LogP contribution in [0.1, 0.15) is 23.8 Å². The Morgan fingerprint density at radius 3 is 2.86 bits per heavy atom. The summed E-state index contributed by atoms with van der Waals surface area (Å²) in [7, 11) is 0. The van der Waals surface area contributed by atoms with Crippen molar-refractivity contribution < 1.29 is 14.7 Å². The fourth-order valence-corrected chi connectivity index (χ4v) is 3.87. The molecule has 0 bridgehead atoms. The number of rotatable bonds is 3. The SMILES string of the molecule is CC1(C(=O)O)CCN(C(=O)c2csc(-c3ccsc3)n2)C1. The van der Waals surface area contributed by atoms with Gasteiger partial charge in [0.15, 0.2) is 0 Å². The van der Waals surface area contributed by atoms with Crippen LogP contribution in [0.3, 0.4) is 0 Å². The Morgan fingerprint density at radius 2 is 2.24 bits per heavy atom. The number of thiazole rings is 1. The van der Waals surface area contributed by atoms with E-state index in [1.165, 1.54) is 11.3 Å². The van der Waals surface area contributed by atoms with Gasteiger partial charge < -0.3 is 10.0 Å². The first kappa shape index (κ1) is 14.2. The van der Waals surface area contributed by atoms with Crippen molar-refractivity contribution in [3.05, 3.63) is 27.9 Å². The number of hydrogen-bond acceptors (Lipinski definition) is 5. The van der Waals surface area contributed by atoms with E-state index in [1.807, 2.05) is 16.8 Å². The molecular weight excluding hydrogens is 308 g/mol. The number of thiophene rings is 1. The zero-order chi connectivity index (χ0) is 15.0. The van der Waals surface area contributed by atoms with Gasteiger partial charge in [-0.15, -0.1) is 11.3 Å². The third kappa shape index (κ3) is 2.58. The molecule has 7 heteroatoms. The minimum absolute atomic E-state index is 0.183. The van der Waals surface area contributed by atoms with E-state index in [0.29, 0.717) is 18.7 Å². The molecule has 1 saturated heterocycles. The van der Waals surface area contributed by atoms with Gasteiger partial charge in [-0.2, -0.15) is 11.3 Å². The first-order valence-electron chi connectivity index (χ1n) is 6.50. The molecule has 0 saturated carbocycles. The smallest absolute Gasteiger partial charge is 0.311 e. The van der Waals surface area contributed by atoms with Crippen molar-refractivity contribution in [1.82, 2.24) is 9.88 Å². The Morgan fingerprint density at radius 1 is 1.43 bits per heavy atom. The molecule has 5 nitrogen and oxygen atoms in total. The number of aliphatic carboxylic acids is 1. The van der Waals surface area contributed by atoms with E-state index in [4.69, 9.17) is 0 Å². The summed E-state index contributed by atoms with van der Waals surface area (Å²) in [6.45, 7) is 2.39. The van der Waals surface area contributed by atoms with Crippen LogP contribution in [0.4, 0.5) is 0 Å². The lowest BCUT2D eigenvalue weighted by Gasteiger charge is -2.19. The summed E-state index contributed by atoms with van der Waals surface area (Å²) in [5.41, 5.74) is 0.568. The van der Waals surface area contributed by atoms with Gasteiger partial charge in [0.1, 0.15) is 10.7 Å². The molecule has 3 rings (SSSR count). The average molecular weight is 322 g/mol. The second-order valence-electron chi connectivity index (χ2n) is 5.39. The van der Waals surface area contributed by atoms with E-state index in [1.54, 1.807) is 28.5 Å². The third-order valence-corrected chi connectivity index (χ3v) is 5.34. The van der Waals surface area contributed by atoms with Gasteiger partial charge in [0.25, 0.3) is 5.91 Å². The van der Waals surface area contributed by atoms with Crippen LogP contribution >= 0.6 is 22.7 Å². The number of carbonyl (C=O) groups excluding carboxylic acids is 1. The monoisotopic (exact) mass is 322 g/mol. The fraction of sp³-hybridized carbons (Fsp3) is 0.357. The van der Waals surface area contributed by atoms with Crippen LogP contribution in [-0.2, 0) is 4.79 Å². The first-order chi connectivity index (χ1) is 9.99. The van der Waals surface area contributed by atoms with Crippen LogP contribution in [0.15, 0.2) is 22.2 Å². The first-order valence-corrected chi connectivity index (χ1v) is 8.33. The minimum Gasteiger partial charge on any atom is -0.481 e. The second-order valence-corrected chi connectivity index (χ2v) is 7.03. The summed E-state index contributed by atoms with van der Waals surface area (Å²) in [5, 5.41) is 15.7. The van der Waals surface area contributed by atoms with Gasteiger partial charge in [0.2, 0.25) is 0 Å². The molecule has 21 heavy (non-hydrogen) atoms. The lowest BCUT2D eigenvalue weighted by atomic mass is 9.90. The summed E-state index contributed by atoms with van der Waals surface area (Å²) in [4.78, 5) is 29.6. The molecule has 110 valence electrons. The van der Waals surface area contributed by atoms with Crippen molar-refractivity contribution in [1.29, 1.82) is 0 Å². The van der Waals surface area contributed by atoms with Gasteiger partial charge in [0.05, 0.1) is 5.41 Å². The molecule has 1 fully saturated rings. The maximum Gasteiger partial charge on any atom is 0.311 e. The van der Waals surface area contributed by atoms with E-state index in [2.05, 4.69) is 4.98 Å². The van der Waals surface area contributed by atoms with Gasteiger partial charge >= 0.3 is 5.97 Å². The van der Waals surface area contributed by atoms with Gasteiger partial charge in [-0.3, -0.25) is 9.59 Å². The van der Waals surface area contributed by atoms with Crippen LogP contribution < -0.4 is 0 Å². The largest absolute Gasteiger partial charge is 0.481 e. The number of likely N-dealkylation sites (tertiary alicyclic amines) is 1. The van der Waals surface area contributed by atoms with Crippen molar-refractivity contribution in [2.24, 2.45) is 5.41 Å². The number of amides is 1. The number of hydrogen-bond donors (Lipinski definition) is 1. The highest BCUT2D eigenvalue weighted by Crippen LogP contribution is 2.32. The number of nitrogens with zero attached hydrogens (tertiary/aromatic N) is 2. The van der Waals surface area contributed by atoms with Crippen LogP contribution in [0, 0.1) is 5.41 Å². The third-order valence-electron chi connectivity index (χ3n) is 3.77. The van der Waals surface area contributed by atoms with E-state index in [-0.39, 0.29) is 12.5 Å². The molecule has 1 unspecified atom stereocenters. The molecule has 1 aliphatic heterocycles. The second kappa shape index (κ2) is 5.23. The highest BCUT2D eigenvalue weighted by molar-refractivity contribution is 7.14. The molecule has 0 spiro atoms. The van der Waals surface area contributed by atoms with E-state index in [9.17, 15) is 14.7 Å². The Hall–Kier alpha value is -1.73. The van der Waals surface area contributed by atoms with Crippen molar-refractivity contribution in [2.45, 2.75) is 13.3 Å². The van der Waals surface area contributed by atoms with E-state index < -0.39 is 11.4 Å². The molecule has 1 N–H and O–H groups in total. The van der Waals surface area contributed by atoms with Crippen LogP contribution in [-0.4, -0.2) is 40.0 Å². The van der Waals surface area contributed by atoms with Gasteiger partial charge in [-0.25, -0.2) is 4.98 Å². The fourth-order valence-electron chi connectivity index (χ4n) is 2.36. The highest BCUT2D eigenvalue weighted by Gasteiger charge is 2.42. The minimum atomic E-state index is -0.852. The van der Waals surface area contributed by atoms with Gasteiger partial charge in [0, 0.05) is 29.4 Å². The molecule has 0 aromatic carbocycles. The Kier molecular flexibility index (Phi) is 3.54. The number of carbonyl (C=O) groups is 2. The summed E-state index contributed by atoms with van der Waals surface area (Å²) in [6.07, 6.45) is 0.482. The summed E-state index contributed by atoms with van der Waals surface area (Å²) in [5.74, 6) is -1.03. The lowest BCUT2D eigenvalue weighted by molar-refractivity contribution is -0.147. The molecule has 2 aromatic rings. The lowest BCUT2D eigenvalue weighted by Crippen LogP contribution is -2.35. The predicted molar refractivity (Wildman–Crippen MR) is 81.7 cm³/mol. The molecule has 2 aromatic heterocycles. The van der Waals surface area contributed by atoms with Gasteiger partial charge in [-0.1, -0.05) is 0 Å². The molecular formula is C14H14N2O3S2. The average Bonchev–Trinajstić information content (AvgIpc) is 3.18. The molecule has 1 aliphatic rings. The maximum absolute atomic E-state index is 12.4. The normalized spacial score (nSPS) is 21.7. The molecule has 0 aliphatic carbocycles. The molecule has 3 heterocycles. The zero-order valence-electron chi connectivity index (χ0n) is 11.4. The van der Waals surface area contributed by atoms with Crippen molar-refractivity contribution in [3.63, 3.8) is 0 Å². The molecule has 1 amide bonds. The van der Waals surface area contributed by atoms with Gasteiger partial charge in [-0.05, 0) is 24.8 Å².